The van der Waals surface area contributed by atoms with Crippen LogP contribution in [0.2, 0.25) is 0 Å². The number of hydrogen-bond acceptors (Lipinski definition) is 9. The Labute approximate surface area is 163 Å². The van der Waals surface area contributed by atoms with Gasteiger partial charge in [-0.3, -0.25) is 14.5 Å². The summed E-state index contributed by atoms with van der Waals surface area (Å²) >= 11 is 1.21. The highest BCUT2D eigenvalue weighted by Crippen LogP contribution is 2.34. The number of rotatable bonds is 7. The fourth-order valence-corrected chi connectivity index (χ4v) is 3.27. The quantitative estimate of drug-likeness (QED) is 0.302. The number of allylic oxidation sites excluding steroid dienone is 1. The van der Waals surface area contributed by atoms with Crippen LogP contribution in [0.5, 0.6) is 0 Å². The minimum absolute atomic E-state index is 0.000309. The van der Waals surface area contributed by atoms with Crippen molar-refractivity contribution in [2.45, 2.75) is 6.92 Å². The maximum Gasteiger partial charge on any atom is 0.256 e. The molecule has 2 aromatic rings. The summed E-state index contributed by atoms with van der Waals surface area (Å²) in [5.41, 5.74) is -0.00188. The minimum Gasteiger partial charge on any atom is -0.353 e. The number of nitriles is 1. The zero-order chi connectivity index (χ0) is 20.3. The van der Waals surface area contributed by atoms with Crippen molar-refractivity contribution in [3.8, 4) is 6.07 Å². The molecule has 1 aliphatic rings. The molecule has 1 fully saturated rings. The summed E-state index contributed by atoms with van der Waals surface area (Å²) in [6.07, 6.45) is 4.61. The van der Waals surface area contributed by atoms with E-state index < -0.39 is 17.4 Å². The summed E-state index contributed by atoms with van der Waals surface area (Å²) in [6, 6.07) is 2.54. The Hall–Kier alpha value is -3.45. The first-order valence-corrected chi connectivity index (χ1v) is 9.05. The summed E-state index contributed by atoms with van der Waals surface area (Å²) in [4.78, 5) is 45.7. The van der Waals surface area contributed by atoms with E-state index >= 15 is 0 Å². The molecule has 142 valence electrons. The van der Waals surface area contributed by atoms with Gasteiger partial charge in [0, 0.05) is 42.9 Å². The van der Waals surface area contributed by atoms with Gasteiger partial charge in [0.25, 0.3) is 5.78 Å². The van der Waals surface area contributed by atoms with E-state index in [1.165, 1.54) is 41.6 Å². The van der Waals surface area contributed by atoms with Crippen LogP contribution in [0.25, 0.3) is 0 Å². The number of carbonyl (C=O) groups excluding carboxylic acids is 3. The Morgan fingerprint density at radius 1 is 1.46 bits per heavy atom. The van der Waals surface area contributed by atoms with Gasteiger partial charge in [-0.2, -0.15) is 5.26 Å². The van der Waals surface area contributed by atoms with Crippen LogP contribution in [-0.2, 0) is 9.59 Å². The van der Waals surface area contributed by atoms with Gasteiger partial charge >= 0.3 is 0 Å². The van der Waals surface area contributed by atoms with Crippen molar-refractivity contribution in [3.05, 3.63) is 41.3 Å². The van der Waals surface area contributed by atoms with Gasteiger partial charge in [-0.05, 0) is 13.0 Å². The molecule has 0 atom stereocenters. The molecule has 0 N–H and O–H groups in total. The Balaban J connectivity index is 2.11. The van der Waals surface area contributed by atoms with Crippen molar-refractivity contribution < 1.29 is 18.8 Å². The van der Waals surface area contributed by atoms with Gasteiger partial charge in [0.05, 0.1) is 5.56 Å². The molecule has 0 radical (unpaired) electrons. The first-order valence-electron chi connectivity index (χ1n) is 8.17. The fraction of sp³-hybridized carbons (Fsp3) is 0.222. The highest BCUT2D eigenvalue weighted by molar-refractivity contribution is 7.13. The highest BCUT2D eigenvalue weighted by atomic mass is 32.1. The van der Waals surface area contributed by atoms with Crippen LogP contribution in [0, 0.1) is 23.1 Å². The van der Waals surface area contributed by atoms with E-state index in [1.54, 1.807) is 10.3 Å². The van der Waals surface area contributed by atoms with Crippen molar-refractivity contribution in [2.24, 2.45) is 5.92 Å². The highest BCUT2D eigenvalue weighted by Gasteiger charge is 2.31. The van der Waals surface area contributed by atoms with Crippen LogP contribution in [0.1, 0.15) is 17.3 Å². The molecule has 28 heavy (non-hydrogen) atoms. The predicted octanol–water partition coefficient (Wildman–Crippen LogP) is 2.26. The van der Waals surface area contributed by atoms with Gasteiger partial charge in [-0.25, -0.2) is 14.4 Å². The summed E-state index contributed by atoms with van der Waals surface area (Å²) < 4.78 is 14.6. The molecule has 2 aromatic heterocycles. The summed E-state index contributed by atoms with van der Waals surface area (Å²) in [5.74, 6) is -2.03. The summed E-state index contributed by atoms with van der Waals surface area (Å²) in [7, 11) is 0. The summed E-state index contributed by atoms with van der Waals surface area (Å²) in [5, 5.41) is 10.8. The number of halogens is 1. The largest absolute Gasteiger partial charge is 0.353 e. The van der Waals surface area contributed by atoms with Crippen LogP contribution in [-0.4, -0.2) is 40.9 Å². The smallest absolute Gasteiger partial charge is 0.256 e. The second-order valence-corrected chi connectivity index (χ2v) is 6.87. The molecule has 3 rings (SSSR count). The molecule has 0 amide bonds. The van der Waals surface area contributed by atoms with Gasteiger partial charge in [0.15, 0.2) is 28.4 Å². The number of aldehydes is 1. The maximum absolute atomic E-state index is 14.6. The number of Topliss-reactive ketones (excluding diaryl/α,β-unsaturated/α-hetero) is 1. The van der Waals surface area contributed by atoms with Gasteiger partial charge in [-0.15, -0.1) is 11.3 Å². The average molecular weight is 399 g/mol. The fourth-order valence-electron chi connectivity index (χ4n) is 2.65. The third-order valence-corrected chi connectivity index (χ3v) is 4.83. The van der Waals surface area contributed by atoms with E-state index in [4.69, 9.17) is 5.26 Å². The van der Waals surface area contributed by atoms with Crippen molar-refractivity contribution in [1.82, 2.24) is 9.97 Å². The molecule has 3 heterocycles. The van der Waals surface area contributed by atoms with E-state index in [1.807, 2.05) is 0 Å². The Bertz CT molecular complexity index is 993. The van der Waals surface area contributed by atoms with Crippen molar-refractivity contribution in [1.29, 1.82) is 5.26 Å². The van der Waals surface area contributed by atoms with Crippen LogP contribution in [0.15, 0.2) is 29.9 Å². The first-order chi connectivity index (χ1) is 13.4. The van der Waals surface area contributed by atoms with Crippen LogP contribution in [0.3, 0.4) is 0 Å². The zero-order valence-corrected chi connectivity index (χ0v) is 15.5. The van der Waals surface area contributed by atoms with E-state index in [-0.39, 0.29) is 23.1 Å². The lowest BCUT2D eigenvalue weighted by Gasteiger charge is -2.37. The lowest BCUT2D eigenvalue weighted by molar-refractivity contribution is -0.111. The molecule has 0 saturated carbocycles. The molecule has 10 heteroatoms. The van der Waals surface area contributed by atoms with Crippen molar-refractivity contribution in [2.75, 3.05) is 22.9 Å². The van der Waals surface area contributed by atoms with Gasteiger partial charge in [-0.1, -0.05) is 0 Å². The Morgan fingerprint density at radius 3 is 2.79 bits per heavy atom. The van der Waals surface area contributed by atoms with Crippen molar-refractivity contribution in [3.63, 3.8) is 0 Å². The normalized spacial score (nSPS) is 13.8. The van der Waals surface area contributed by atoms with Crippen LogP contribution < -0.4 is 9.80 Å². The topological polar surface area (TPSA) is 107 Å². The van der Waals surface area contributed by atoms with Gasteiger partial charge in [0.1, 0.15) is 12.4 Å². The van der Waals surface area contributed by atoms with E-state index in [0.717, 1.165) is 18.4 Å². The van der Waals surface area contributed by atoms with E-state index in [2.05, 4.69) is 9.97 Å². The second-order valence-electron chi connectivity index (χ2n) is 6.00. The monoisotopic (exact) mass is 399 g/mol. The molecule has 8 nitrogen and oxygen atoms in total. The number of aromatic nitrogens is 2. The SMILES string of the molecule is CC(=O)c1cc(F)c(N2CC(C=O)C2)nc1N(/C=C/C(=O)C#N)c1nccs1. The molecule has 1 saturated heterocycles. The number of anilines is 3. The molecule has 1 aliphatic heterocycles. The Morgan fingerprint density at radius 2 is 2.21 bits per heavy atom. The molecule has 0 aliphatic carbocycles. The van der Waals surface area contributed by atoms with Gasteiger partial charge in [0.2, 0.25) is 0 Å². The van der Waals surface area contributed by atoms with Crippen molar-refractivity contribution >= 4 is 46.0 Å². The van der Waals surface area contributed by atoms with Crippen LogP contribution in [0.4, 0.5) is 21.2 Å². The van der Waals surface area contributed by atoms with E-state index in [9.17, 15) is 18.8 Å². The second kappa shape index (κ2) is 8.06. The minimum atomic E-state index is -0.801. The molecule has 0 aromatic carbocycles. The number of thiazole rings is 1. The average Bonchev–Trinajstić information content (AvgIpc) is 3.16. The molecule has 0 spiro atoms. The van der Waals surface area contributed by atoms with E-state index in [0.29, 0.717) is 18.2 Å². The molecule has 0 unspecified atom stereocenters. The summed E-state index contributed by atoms with van der Waals surface area (Å²) in [6.45, 7) is 1.93. The molecule has 0 bridgehead atoms. The first kappa shape index (κ1) is 19.3. The number of nitrogens with zero attached hydrogens (tertiary/aromatic N) is 5. The number of pyridine rings is 1. The Kier molecular flexibility index (Phi) is 5.56. The van der Waals surface area contributed by atoms with Crippen LogP contribution >= 0.6 is 11.3 Å². The lowest BCUT2D eigenvalue weighted by Crippen LogP contribution is -2.48. The number of carbonyl (C=O) groups is 3. The maximum atomic E-state index is 14.6. The zero-order valence-electron chi connectivity index (χ0n) is 14.7. The standard InChI is InChI=1S/C18H14FN5O3S/c1-11(26)14-6-15(19)17(23-8-12(9-23)10-25)22-16(14)24(4-2-13(27)7-20)18-21-3-5-28-18/h2-6,10,12H,8-9H2,1H3/b4-2+. The van der Waals surface area contributed by atoms with Gasteiger partial charge < -0.3 is 9.69 Å². The predicted molar refractivity (Wildman–Crippen MR) is 100.0 cm³/mol. The number of hydrogen-bond donors (Lipinski definition) is 0. The third-order valence-electron chi connectivity index (χ3n) is 4.06. The third kappa shape index (κ3) is 3.79. The lowest BCUT2D eigenvalue weighted by atomic mass is 10.0. The number of ketones is 2. The molecular formula is C18H14FN5O3S. The molecular weight excluding hydrogens is 385 g/mol.